The van der Waals surface area contributed by atoms with Gasteiger partial charge in [0.1, 0.15) is 0 Å². The van der Waals surface area contributed by atoms with Crippen molar-refractivity contribution in [2.45, 2.75) is 26.5 Å². The number of aliphatic hydroxyl groups is 1. The molecule has 1 aromatic heterocycles. The van der Waals surface area contributed by atoms with Crippen molar-refractivity contribution in [3.63, 3.8) is 0 Å². The lowest BCUT2D eigenvalue weighted by Crippen LogP contribution is -2.16. The van der Waals surface area contributed by atoms with Gasteiger partial charge in [0.2, 0.25) is 0 Å². The summed E-state index contributed by atoms with van der Waals surface area (Å²) in [4.78, 5) is 7.72. The van der Waals surface area contributed by atoms with E-state index in [2.05, 4.69) is 32.9 Å². The maximum Gasteiger partial charge on any atom is 0.0798 e. The van der Waals surface area contributed by atoms with Gasteiger partial charge in [-0.1, -0.05) is 6.07 Å². The molecule has 2 aromatic rings. The zero-order chi connectivity index (χ0) is 14.0. The Labute approximate surface area is 126 Å². The van der Waals surface area contributed by atoms with E-state index in [0.29, 0.717) is 0 Å². The van der Waals surface area contributed by atoms with Crippen LogP contribution in [0.3, 0.4) is 0 Å². The van der Waals surface area contributed by atoms with E-state index in [9.17, 15) is 5.11 Å². The molecule has 1 heterocycles. The molecule has 0 fully saturated rings. The number of thiazole rings is 1. The summed E-state index contributed by atoms with van der Waals surface area (Å²) in [7, 11) is 2.06. The number of aryl methyl sites for hydroxylation is 1. The first-order valence-corrected chi connectivity index (χ1v) is 7.74. The highest BCUT2D eigenvalue weighted by molar-refractivity contribution is 9.10. The standard InChI is InChI=1S/C14H17BrN2OS/c1-9-14(19-8-16-9)7-17(3)13-5-4-11(10(2)18)6-12(13)15/h4-6,8,10,18H,7H2,1-3H3/t10-/m1/s1. The molecule has 0 unspecified atom stereocenters. The molecule has 102 valence electrons. The van der Waals surface area contributed by atoms with E-state index >= 15 is 0 Å². The molecule has 1 aromatic carbocycles. The molecular weight excluding hydrogens is 324 g/mol. The second kappa shape index (κ2) is 6.03. The van der Waals surface area contributed by atoms with E-state index in [1.54, 1.807) is 18.3 Å². The first-order valence-electron chi connectivity index (χ1n) is 6.06. The number of anilines is 1. The Kier molecular flexibility index (Phi) is 4.60. The summed E-state index contributed by atoms with van der Waals surface area (Å²) >= 11 is 5.25. The molecule has 0 amide bonds. The lowest BCUT2D eigenvalue weighted by Gasteiger charge is -2.21. The fourth-order valence-electron chi connectivity index (χ4n) is 1.87. The van der Waals surface area contributed by atoms with E-state index < -0.39 is 6.10 Å². The summed E-state index contributed by atoms with van der Waals surface area (Å²) in [5, 5.41) is 9.58. The number of aliphatic hydroxyl groups excluding tert-OH is 1. The summed E-state index contributed by atoms with van der Waals surface area (Å²) in [6.07, 6.45) is -0.445. The Balaban J connectivity index is 2.20. The van der Waals surface area contributed by atoms with Crippen LogP contribution in [0.2, 0.25) is 0 Å². The smallest absolute Gasteiger partial charge is 0.0798 e. The average molecular weight is 341 g/mol. The zero-order valence-corrected chi connectivity index (χ0v) is 13.6. The van der Waals surface area contributed by atoms with Crippen LogP contribution in [-0.2, 0) is 6.54 Å². The Morgan fingerprint density at radius 3 is 2.74 bits per heavy atom. The van der Waals surface area contributed by atoms with Crippen molar-refractivity contribution < 1.29 is 5.11 Å². The van der Waals surface area contributed by atoms with E-state index in [-0.39, 0.29) is 0 Å². The summed E-state index contributed by atoms with van der Waals surface area (Å²) in [6.45, 7) is 4.64. The van der Waals surface area contributed by atoms with Gasteiger partial charge in [0.15, 0.2) is 0 Å². The van der Waals surface area contributed by atoms with Crippen LogP contribution in [0.4, 0.5) is 5.69 Å². The predicted octanol–water partition coefficient (Wildman–Crippen LogP) is 3.90. The fraction of sp³-hybridized carbons (Fsp3) is 0.357. The van der Waals surface area contributed by atoms with Crippen LogP contribution in [-0.4, -0.2) is 17.1 Å². The number of nitrogens with zero attached hydrogens (tertiary/aromatic N) is 2. The molecule has 19 heavy (non-hydrogen) atoms. The maximum absolute atomic E-state index is 9.58. The van der Waals surface area contributed by atoms with Gasteiger partial charge in [-0.25, -0.2) is 4.98 Å². The highest BCUT2D eigenvalue weighted by Gasteiger charge is 2.11. The molecule has 0 aliphatic heterocycles. The lowest BCUT2D eigenvalue weighted by atomic mass is 10.1. The van der Waals surface area contributed by atoms with Crippen molar-refractivity contribution in [3.05, 3.63) is 44.3 Å². The van der Waals surface area contributed by atoms with Crippen LogP contribution >= 0.6 is 27.3 Å². The molecule has 2 rings (SSSR count). The molecule has 0 spiro atoms. The van der Waals surface area contributed by atoms with E-state index in [4.69, 9.17) is 0 Å². The minimum atomic E-state index is -0.445. The molecule has 5 heteroatoms. The van der Waals surface area contributed by atoms with Crippen LogP contribution in [0, 0.1) is 6.92 Å². The third-order valence-corrected chi connectivity index (χ3v) is 4.65. The first-order chi connectivity index (χ1) is 8.99. The van der Waals surface area contributed by atoms with Crippen LogP contribution in [0.1, 0.15) is 29.2 Å². The largest absolute Gasteiger partial charge is 0.389 e. The molecular formula is C14H17BrN2OS. The van der Waals surface area contributed by atoms with E-state index in [1.165, 1.54) is 4.88 Å². The Morgan fingerprint density at radius 1 is 1.47 bits per heavy atom. The van der Waals surface area contributed by atoms with Gasteiger partial charge >= 0.3 is 0 Å². The van der Waals surface area contributed by atoms with Gasteiger partial charge in [-0.3, -0.25) is 0 Å². The quantitative estimate of drug-likeness (QED) is 0.916. The molecule has 3 nitrogen and oxygen atoms in total. The minimum Gasteiger partial charge on any atom is -0.389 e. The van der Waals surface area contributed by atoms with Crippen LogP contribution in [0.5, 0.6) is 0 Å². The monoisotopic (exact) mass is 340 g/mol. The third-order valence-electron chi connectivity index (χ3n) is 3.09. The van der Waals surface area contributed by atoms with Crippen molar-refractivity contribution >= 4 is 33.0 Å². The van der Waals surface area contributed by atoms with Crippen LogP contribution in [0.15, 0.2) is 28.2 Å². The second-order valence-electron chi connectivity index (χ2n) is 4.60. The zero-order valence-electron chi connectivity index (χ0n) is 11.2. The van der Waals surface area contributed by atoms with Gasteiger partial charge in [0.25, 0.3) is 0 Å². The highest BCUT2D eigenvalue weighted by Crippen LogP contribution is 2.30. The van der Waals surface area contributed by atoms with Gasteiger partial charge in [0, 0.05) is 16.4 Å². The number of aromatic nitrogens is 1. The molecule has 1 N–H and O–H groups in total. The average Bonchev–Trinajstić information content (AvgIpc) is 2.74. The van der Waals surface area contributed by atoms with Gasteiger partial charge in [-0.15, -0.1) is 11.3 Å². The topological polar surface area (TPSA) is 36.4 Å². The second-order valence-corrected chi connectivity index (χ2v) is 6.40. The lowest BCUT2D eigenvalue weighted by molar-refractivity contribution is 0.199. The fourth-order valence-corrected chi connectivity index (χ4v) is 3.40. The van der Waals surface area contributed by atoms with Crippen molar-refractivity contribution in [1.82, 2.24) is 4.98 Å². The molecule has 0 aliphatic carbocycles. The summed E-state index contributed by atoms with van der Waals surface area (Å²) < 4.78 is 0.996. The maximum atomic E-state index is 9.58. The number of benzene rings is 1. The number of rotatable bonds is 4. The molecule has 0 saturated heterocycles. The predicted molar refractivity (Wildman–Crippen MR) is 83.7 cm³/mol. The Morgan fingerprint density at radius 2 is 2.21 bits per heavy atom. The highest BCUT2D eigenvalue weighted by atomic mass is 79.9. The van der Waals surface area contributed by atoms with Gasteiger partial charge < -0.3 is 10.0 Å². The molecule has 0 bridgehead atoms. The first kappa shape index (κ1) is 14.5. The van der Waals surface area contributed by atoms with Gasteiger partial charge in [-0.2, -0.15) is 0 Å². The summed E-state index contributed by atoms with van der Waals surface area (Å²) in [5.41, 5.74) is 4.99. The van der Waals surface area contributed by atoms with E-state index in [0.717, 1.165) is 28.0 Å². The van der Waals surface area contributed by atoms with Gasteiger partial charge in [0.05, 0.1) is 29.5 Å². The van der Waals surface area contributed by atoms with Crippen LogP contribution < -0.4 is 4.90 Å². The van der Waals surface area contributed by atoms with Crippen molar-refractivity contribution in [3.8, 4) is 0 Å². The summed E-state index contributed by atoms with van der Waals surface area (Å²) in [5.74, 6) is 0. The van der Waals surface area contributed by atoms with Crippen molar-refractivity contribution in [2.75, 3.05) is 11.9 Å². The van der Waals surface area contributed by atoms with Gasteiger partial charge in [-0.05, 0) is 47.5 Å². The normalized spacial score (nSPS) is 12.5. The Hall–Kier alpha value is -0.910. The molecule has 0 aliphatic rings. The van der Waals surface area contributed by atoms with E-state index in [1.807, 2.05) is 30.6 Å². The molecule has 1 atom stereocenters. The van der Waals surface area contributed by atoms with Crippen molar-refractivity contribution in [2.24, 2.45) is 0 Å². The minimum absolute atomic E-state index is 0.445. The third kappa shape index (κ3) is 3.35. The van der Waals surface area contributed by atoms with Crippen molar-refractivity contribution in [1.29, 1.82) is 0 Å². The Bertz CT molecular complexity index is 568. The van der Waals surface area contributed by atoms with Crippen LogP contribution in [0.25, 0.3) is 0 Å². The summed E-state index contributed by atoms with van der Waals surface area (Å²) in [6, 6.07) is 5.96. The number of halogens is 1. The SMILES string of the molecule is Cc1ncsc1CN(C)c1ccc([C@@H](C)O)cc1Br. The molecule has 0 saturated carbocycles. The number of hydrogen-bond donors (Lipinski definition) is 1. The number of hydrogen-bond acceptors (Lipinski definition) is 4. The molecule has 0 radical (unpaired) electrons.